The maximum atomic E-state index is 16.7. The van der Waals surface area contributed by atoms with E-state index in [0.717, 1.165) is 26.0 Å². The molecule has 0 unspecified atom stereocenters. The van der Waals surface area contributed by atoms with E-state index in [9.17, 15) is 31.1 Å². The molecular weight excluding hydrogens is 625 g/mol. The lowest BCUT2D eigenvalue weighted by atomic mass is 9.96. The highest BCUT2D eigenvalue weighted by Crippen LogP contribution is 2.47. The van der Waals surface area contributed by atoms with Crippen LogP contribution in [0.3, 0.4) is 0 Å². The monoisotopic (exact) mass is 655 g/mol. The fraction of sp³-hybridized carbons (Fsp3) is 0.536. The third-order valence-electron chi connectivity index (χ3n) is 9.50. The number of ether oxygens (including phenoxy) is 1. The molecule has 6 atom stereocenters. The molecule has 3 aromatic rings. The van der Waals surface area contributed by atoms with Crippen LogP contribution >= 0.6 is 0 Å². The highest BCUT2D eigenvalue weighted by molar-refractivity contribution is 7.91. The van der Waals surface area contributed by atoms with E-state index in [1.54, 1.807) is 6.92 Å². The normalized spacial score (nSPS) is 27.7. The number of sulfone groups is 1. The van der Waals surface area contributed by atoms with E-state index < -0.39 is 85.2 Å². The van der Waals surface area contributed by atoms with Gasteiger partial charge in [0.05, 0.1) is 29.9 Å². The van der Waals surface area contributed by atoms with Crippen LogP contribution in [0.15, 0.2) is 6.07 Å². The molecule has 6 heterocycles. The van der Waals surface area contributed by atoms with Gasteiger partial charge in [0.25, 0.3) is 0 Å². The van der Waals surface area contributed by atoms with E-state index in [1.165, 1.54) is 4.90 Å². The first-order chi connectivity index (χ1) is 21.1. The number of nitrogens with zero attached hydrogens (tertiary/aromatic N) is 5. The molecule has 11 nitrogen and oxygen atoms in total. The van der Waals surface area contributed by atoms with Crippen LogP contribution in [0.4, 0.5) is 39.4 Å². The van der Waals surface area contributed by atoms with Gasteiger partial charge in [0.1, 0.15) is 39.6 Å². The molecule has 0 amide bonds. The van der Waals surface area contributed by atoms with E-state index in [-0.39, 0.29) is 47.7 Å². The van der Waals surface area contributed by atoms with Crippen molar-refractivity contribution in [3.8, 4) is 17.1 Å². The molecule has 4 aliphatic heterocycles. The van der Waals surface area contributed by atoms with Gasteiger partial charge >= 0.3 is 6.18 Å². The van der Waals surface area contributed by atoms with Crippen molar-refractivity contribution in [1.82, 2.24) is 20.3 Å². The van der Waals surface area contributed by atoms with Gasteiger partial charge in [0, 0.05) is 37.0 Å². The summed E-state index contributed by atoms with van der Waals surface area (Å²) in [6.45, 7) is 2.50. The van der Waals surface area contributed by atoms with Gasteiger partial charge in [0.2, 0.25) is 11.8 Å². The number of hydrogen-bond acceptors (Lipinski definition) is 11. The molecule has 7 rings (SSSR count). The van der Waals surface area contributed by atoms with Crippen LogP contribution in [0.5, 0.6) is 5.88 Å². The zero-order chi connectivity index (χ0) is 32.3. The number of nitrogen functional groups attached to an aromatic ring is 1. The standard InChI is InChI=1S/C28H30F5N7O4S/c1-10-19(28(31,32)33)13(6-14(34)20(10)29)22-21(30)23-18-25(38-27(37-23)39-8-17(16(39)9-41)45(3,42)43)40-7-12-4-5-15(35-12)24(40)11(2)44-26(18)36-22/h6,11-12,15-17,24,35,41H,4-5,7-9,34H2,1-3H3/t11-,12+,15-,16+,17+,24+/m0/s1. The Kier molecular flexibility index (Phi) is 6.66. The second-order valence-electron chi connectivity index (χ2n) is 12.3. The average molecular weight is 656 g/mol. The number of halogens is 5. The minimum absolute atomic E-state index is 0.0361. The molecule has 0 radical (unpaired) electrons. The van der Waals surface area contributed by atoms with E-state index in [2.05, 4.69) is 15.3 Å². The molecular formula is C28H30F5N7O4S. The summed E-state index contributed by atoms with van der Waals surface area (Å²) in [5.74, 6) is -2.60. The third-order valence-corrected chi connectivity index (χ3v) is 11.1. The topological polar surface area (TPSA) is 147 Å². The minimum Gasteiger partial charge on any atom is -0.472 e. The largest absolute Gasteiger partial charge is 0.472 e. The second-order valence-corrected chi connectivity index (χ2v) is 14.5. The van der Waals surface area contributed by atoms with E-state index >= 15 is 4.39 Å². The highest BCUT2D eigenvalue weighted by Gasteiger charge is 2.50. The van der Waals surface area contributed by atoms with Gasteiger partial charge in [-0.15, -0.1) is 0 Å². The molecule has 2 aromatic heterocycles. The zero-order valence-corrected chi connectivity index (χ0v) is 25.2. The van der Waals surface area contributed by atoms with Crippen LogP contribution in [0.1, 0.15) is 30.9 Å². The summed E-state index contributed by atoms with van der Waals surface area (Å²) in [5.41, 5.74) is 0.842. The SMILES string of the molecule is Cc1c(F)c(N)cc(-c2nc3c4c(nc(N5C[C@@H](S(C)(=O)=O)[C@H]5CO)nc4c2F)N2C[C@H]4CC[C@H](N4)[C@H]2[C@H](C)O3)c1C(F)(F)F. The Morgan fingerprint density at radius 2 is 1.87 bits per heavy atom. The van der Waals surface area contributed by atoms with Gasteiger partial charge < -0.3 is 30.7 Å². The number of anilines is 3. The first-order valence-corrected chi connectivity index (χ1v) is 16.4. The highest BCUT2D eigenvalue weighted by atomic mass is 32.2. The molecule has 0 saturated carbocycles. The van der Waals surface area contributed by atoms with Crippen molar-refractivity contribution in [1.29, 1.82) is 0 Å². The zero-order valence-electron chi connectivity index (χ0n) is 24.4. The van der Waals surface area contributed by atoms with Crippen molar-refractivity contribution in [2.24, 2.45) is 0 Å². The van der Waals surface area contributed by atoms with Gasteiger partial charge in [0.15, 0.2) is 15.7 Å². The molecule has 0 aliphatic carbocycles. The summed E-state index contributed by atoms with van der Waals surface area (Å²) in [7, 11) is -3.57. The Morgan fingerprint density at radius 1 is 1.13 bits per heavy atom. The van der Waals surface area contributed by atoms with Crippen LogP contribution in [0.2, 0.25) is 0 Å². The number of piperazine rings is 1. The van der Waals surface area contributed by atoms with E-state index in [0.29, 0.717) is 12.6 Å². The second kappa shape index (κ2) is 9.96. The summed E-state index contributed by atoms with van der Waals surface area (Å²) >= 11 is 0. The molecule has 242 valence electrons. The summed E-state index contributed by atoms with van der Waals surface area (Å²) in [5, 5.41) is 12.7. The molecule has 17 heteroatoms. The number of alkyl halides is 3. The summed E-state index contributed by atoms with van der Waals surface area (Å²) in [6.07, 6.45) is -2.93. The number of nitrogens with two attached hydrogens (primary N) is 1. The van der Waals surface area contributed by atoms with Gasteiger partial charge in [-0.05, 0) is 38.3 Å². The summed E-state index contributed by atoms with van der Waals surface area (Å²) in [6, 6.07) is -0.502. The van der Waals surface area contributed by atoms with Crippen molar-refractivity contribution < 1.29 is 40.2 Å². The minimum atomic E-state index is -5.10. The van der Waals surface area contributed by atoms with E-state index in [1.807, 2.05) is 4.90 Å². The number of aliphatic hydroxyl groups excluding tert-OH is 1. The van der Waals surface area contributed by atoms with Crippen LogP contribution < -0.4 is 25.6 Å². The Hall–Kier alpha value is -3.57. The summed E-state index contributed by atoms with van der Waals surface area (Å²) < 4.78 is 105. The predicted molar refractivity (Wildman–Crippen MR) is 155 cm³/mol. The molecule has 0 spiro atoms. The number of aromatic nitrogens is 3. The quantitative estimate of drug-likeness (QED) is 0.282. The Morgan fingerprint density at radius 3 is 2.53 bits per heavy atom. The Bertz CT molecular complexity index is 1860. The third kappa shape index (κ3) is 4.48. The first-order valence-electron chi connectivity index (χ1n) is 14.4. The molecule has 1 aromatic carbocycles. The fourth-order valence-electron chi connectivity index (χ4n) is 7.36. The molecule has 45 heavy (non-hydrogen) atoms. The molecule has 3 saturated heterocycles. The lowest BCUT2D eigenvalue weighted by molar-refractivity contribution is -0.137. The van der Waals surface area contributed by atoms with Crippen LogP contribution in [0.25, 0.3) is 22.2 Å². The first kappa shape index (κ1) is 30.1. The van der Waals surface area contributed by atoms with Gasteiger partial charge in [-0.1, -0.05) is 0 Å². The van der Waals surface area contributed by atoms with Crippen molar-refractivity contribution >= 4 is 38.2 Å². The van der Waals surface area contributed by atoms with Crippen LogP contribution in [-0.4, -0.2) is 89.9 Å². The molecule has 3 fully saturated rings. The van der Waals surface area contributed by atoms with Gasteiger partial charge in [-0.2, -0.15) is 18.2 Å². The number of rotatable bonds is 4. The van der Waals surface area contributed by atoms with Crippen LogP contribution in [0, 0.1) is 18.6 Å². The van der Waals surface area contributed by atoms with E-state index in [4.69, 9.17) is 15.5 Å². The maximum Gasteiger partial charge on any atom is 0.417 e. The fourth-order valence-corrected chi connectivity index (χ4v) is 8.59. The van der Waals surface area contributed by atoms with Crippen molar-refractivity contribution in [3.05, 3.63) is 28.8 Å². The van der Waals surface area contributed by atoms with Gasteiger partial charge in [-0.3, -0.25) is 0 Å². The summed E-state index contributed by atoms with van der Waals surface area (Å²) in [4.78, 5) is 16.8. The Balaban J connectivity index is 1.51. The van der Waals surface area contributed by atoms with Crippen LogP contribution in [-0.2, 0) is 16.0 Å². The number of fused-ring (bicyclic) bond motifs is 5. The number of aliphatic hydroxyl groups is 1. The molecule has 4 N–H and O–H groups in total. The maximum absolute atomic E-state index is 16.7. The number of nitrogens with one attached hydrogen (secondary N) is 1. The number of benzene rings is 1. The van der Waals surface area contributed by atoms with Gasteiger partial charge in [-0.25, -0.2) is 27.2 Å². The lowest BCUT2D eigenvalue weighted by Crippen LogP contribution is -2.65. The van der Waals surface area contributed by atoms with Crippen molar-refractivity contribution in [2.45, 2.75) is 68.4 Å². The van der Waals surface area contributed by atoms with Crippen molar-refractivity contribution in [3.63, 3.8) is 0 Å². The molecule has 2 bridgehead atoms. The Labute approximate surface area is 254 Å². The number of hydrogen-bond donors (Lipinski definition) is 3. The predicted octanol–water partition coefficient (Wildman–Crippen LogP) is 2.56. The number of pyridine rings is 1. The van der Waals surface area contributed by atoms with Crippen molar-refractivity contribution in [2.75, 3.05) is 41.5 Å². The molecule has 4 aliphatic rings. The average Bonchev–Trinajstić information content (AvgIpc) is 3.25. The lowest BCUT2D eigenvalue weighted by Gasteiger charge is -2.46. The smallest absolute Gasteiger partial charge is 0.417 e.